The van der Waals surface area contributed by atoms with E-state index in [-0.39, 0.29) is 0 Å². The molecular formula is C26H26N6O2S2. The molecule has 8 nitrogen and oxygen atoms in total. The Hall–Kier alpha value is -4.28. The van der Waals surface area contributed by atoms with Crippen molar-refractivity contribution in [3.05, 3.63) is 108 Å². The molecule has 2 aromatic carbocycles. The van der Waals surface area contributed by atoms with Crippen LogP contribution in [0, 0.1) is 13.8 Å². The van der Waals surface area contributed by atoms with Crippen LogP contribution in [-0.4, -0.2) is 22.7 Å². The molecule has 10 heteroatoms. The smallest absolute Gasteiger partial charge is 0.191 e. The first-order valence-electron chi connectivity index (χ1n) is 10.9. The van der Waals surface area contributed by atoms with Crippen molar-refractivity contribution in [3.63, 3.8) is 0 Å². The van der Waals surface area contributed by atoms with Gasteiger partial charge in [0.05, 0.1) is 25.0 Å². The van der Waals surface area contributed by atoms with Crippen LogP contribution in [0.3, 0.4) is 0 Å². The maximum Gasteiger partial charge on any atom is 0.191 e. The van der Waals surface area contributed by atoms with Crippen LogP contribution in [0.25, 0.3) is 0 Å². The Morgan fingerprint density at radius 2 is 1.03 bits per heavy atom. The predicted octanol–water partition coefficient (Wildman–Crippen LogP) is 5.82. The zero-order valence-corrected chi connectivity index (χ0v) is 21.4. The van der Waals surface area contributed by atoms with Gasteiger partial charge in [-0.25, -0.2) is 0 Å². The van der Waals surface area contributed by atoms with E-state index >= 15 is 0 Å². The van der Waals surface area contributed by atoms with Gasteiger partial charge in [0, 0.05) is 11.4 Å². The van der Waals surface area contributed by atoms with Crippen LogP contribution in [0.4, 0.5) is 11.4 Å². The third kappa shape index (κ3) is 9.92. The molecule has 0 bridgehead atoms. The highest BCUT2D eigenvalue weighted by Crippen LogP contribution is 2.09. The summed E-state index contributed by atoms with van der Waals surface area (Å²) in [5, 5.41) is 14.8. The van der Waals surface area contributed by atoms with E-state index in [0.29, 0.717) is 21.7 Å². The first kappa shape index (κ1) is 26.3. The summed E-state index contributed by atoms with van der Waals surface area (Å²) in [7, 11) is 0. The van der Waals surface area contributed by atoms with Crippen LogP contribution < -0.4 is 21.5 Å². The topological polar surface area (TPSA) is 99.1 Å². The molecule has 0 aliphatic carbocycles. The van der Waals surface area contributed by atoms with E-state index in [1.165, 1.54) is 11.1 Å². The maximum absolute atomic E-state index is 5.10. The number of benzene rings is 2. The lowest BCUT2D eigenvalue weighted by Gasteiger charge is -2.06. The fourth-order valence-electron chi connectivity index (χ4n) is 2.63. The van der Waals surface area contributed by atoms with Crippen molar-refractivity contribution in [3.8, 4) is 0 Å². The lowest BCUT2D eigenvalue weighted by atomic mass is 10.2. The molecule has 4 N–H and O–H groups in total. The van der Waals surface area contributed by atoms with E-state index in [0.717, 1.165) is 11.4 Å². The van der Waals surface area contributed by atoms with Crippen molar-refractivity contribution < 1.29 is 8.83 Å². The molecule has 2 heterocycles. The summed E-state index contributed by atoms with van der Waals surface area (Å²) >= 11 is 10.2. The van der Waals surface area contributed by atoms with Gasteiger partial charge in [-0.2, -0.15) is 10.2 Å². The first-order valence-corrected chi connectivity index (χ1v) is 11.7. The van der Waals surface area contributed by atoms with E-state index in [4.69, 9.17) is 33.3 Å². The highest BCUT2D eigenvalue weighted by molar-refractivity contribution is 7.80. The van der Waals surface area contributed by atoms with E-state index in [9.17, 15) is 0 Å². The Balaban J connectivity index is 0.000000201. The number of anilines is 2. The molecule has 36 heavy (non-hydrogen) atoms. The highest BCUT2D eigenvalue weighted by atomic mass is 32.1. The highest BCUT2D eigenvalue weighted by Gasteiger charge is 1.97. The van der Waals surface area contributed by atoms with Gasteiger partial charge in [0.2, 0.25) is 0 Å². The van der Waals surface area contributed by atoms with Gasteiger partial charge in [0.15, 0.2) is 10.2 Å². The molecule has 0 saturated heterocycles. The van der Waals surface area contributed by atoms with Gasteiger partial charge in [-0.3, -0.25) is 10.9 Å². The summed E-state index contributed by atoms with van der Waals surface area (Å²) in [6.07, 6.45) is 6.29. The third-order valence-corrected chi connectivity index (χ3v) is 4.81. The largest absolute Gasteiger partial charge is 0.463 e. The van der Waals surface area contributed by atoms with Gasteiger partial charge in [0.1, 0.15) is 11.5 Å². The fourth-order valence-corrected chi connectivity index (χ4v) is 2.97. The molecule has 0 aliphatic rings. The van der Waals surface area contributed by atoms with Crippen LogP contribution in [0.15, 0.2) is 104 Å². The summed E-state index contributed by atoms with van der Waals surface area (Å²) < 4.78 is 10.2. The number of hydrazone groups is 2. The monoisotopic (exact) mass is 518 g/mol. The van der Waals surface area contributed by atoms with Crippen molar-refractivity contribution in [1.82, 2.24) is 10.9 Å². The zero-order valence-electron chi connectivity index (χ0n) is 19.8. The average Bonchev–Trinajstić information content (AvgIpc) is 3.57. The molecule has 0 unspecified atom stereocenters. The van der Waals surface area contributed by atoms with Crippen molar-refractivity contribution in [2.45, 2.75) is 13.8 Å². The summed E-state index contributed by atoms with van der Waals surface area (Å²) in [5.41, 5.74) is 9.68. The Labute approximate surface area is 220 Å². The average molecular weight is 519 g/mol. The zero-order chi connectivity index (χ0) is 25.6. The van der Waals surface area contributed by atoms with E-state index in [1.807, 2.05) is 74.5 Å². The molecule has 0 radical (unpaired) electrons. The second kappa shape index (κ2) is 14.2. The molecule has 4 aromatic rings. The summed E-state index contributed by atoms with van der Waals surface area (Å²) in [6, 6.07) is 23.1. The lowest BCUT2D eigenvalue weighted by molar-refractivity contribution is 0.559. The summed E-state index contributed by atoms with van der Waals surface area (Å²) in [4.78, 5) is 0. The molecule has 0 fully saturated rings. The van der Waals surface area contributed by atoms with Crippen molar-refractivity contribution in [1.29, 1.82) is 0 Å². The fraction of sp³-hybridized carbons (Fsp3) is 0.0769. The van der Waals surface area contributed by atoms with E-state index in [2.05, 4.69) is 31.7 Å². The number of rotatable bonds is 6. The predicted molar refractivity (Wildman–Crippen MR) is 154 cm³/mol. The van der Waals surface area contributed by atoms with Gasteiger partial charge in [0.25, 0.3) is 0 Å². The van der Waals surface area contributed by atoms with Gasteiger partial charge in [-0.15, -0.1) is 0 Å². The lowest BCUT2D eigenvalue weighted by Crippen LogP contribution is -2.23. The summed E-state index contributed by atoms with van der Waals surface area (Å²) in [6.45, 7) is 4.07. The van der Waals surface area contributed by atoms with E-state index in [1.54, 1.807) is 37.1 Å². The van der Waals surface area contributed by atoms with Crippen LogP contribution >= 0.6 is 24.4 Å². The molecule has 4 rings (SSSR count). The standard InChI is InChI=1S/2C13H13N3OS/c2*1-10-4-6-11(7-5-10)15-13(18)16-14-9-12-3-2-8-17-12/h2*2-9H,1H3,(H2,15,16,18)/b2*14-9+. The number of nitrogens with zero attached hydrogens (tertiary/aromatic N) is 2. The Bertz CT molecular complexity index is 1170. The number of hydrogen-bond donors (Lipinski definition) is 4. The molecule has 0 saturated carbocycles. The van der Waals surface area contributed by atoms with Crippen LogP contribution in [0.1, 0.15) is 22.6 Å². The van der Waals surface area contributed by atoms with Crippen LogP contribution in [-0.2, 0) is 0 Å². The van der Waals surface area contributed by atoms with E-state index < -0.39 is 0 Å². The van der Waals surface area contributed by atoms with Crippen molar-refractivity contribution in [2.24, 2.45) is 10.2 Å². The second-order valence-corrected chi connectivity index (χ2v) is 8.23. The SMILES string of the molecule is Cc1ccc(NC(=S)N/N=C/c2ccco2)cc1.Cc1ccc(NC(=S)N/N=C/c2ccco2)cc1. The van der Waals surface area contributed by atoms with Gasteiger partial charge < -0.3 is 19.5 Å². The second-order valence-electron chi connectivity index (χ2n) is 7.41. The van der Waals surface area contributed by atoms with Gasteiger partial charge in [-0.05, 0) is 86.8 Å². The minimum Gasteiger partial charge on any atom is -0.463 e. The molecule has 184 valence electrons. The number of furan rings is 2. The van der Waals surface area contributed by atoms with Crippen LogP contribution in [0.5, 0.6) is 0 Å². The molecule has 0 spiro atoms. The molecule has 0 aliphatic heterocycles. The Morgan fingerprint density at radius 1 is 0.639 bits per heavy atom. The number of hydrogen-bond acceptors (Lipinski definition) is 6. The Morgan fingerprint density at radius 3 is 1.36 bits per heavy atom. The van der Waals surface area contributed by atoms with Gasteiger partial charge in [-0.1, -0.05) is 35.4 Å². The third-order valence-electron chi connectivity index (χ3n) is 4.42. The normalized spacial score (nSPS) is 10.5. The van der Waals surface area contributed by atoms with Crippen molar-refractivity contribution in [2.75, 3.05) is 10.6 Å². The van der Waals surface area contributed by atoms with Crippen LogP contribution in [0.2, 0.25) is 0 Å². The van der Waals surface area contributed by atoms with Crippen molar-refractivity contribution >= 4 is 58.5 Å². The Kier molecular flexibility index (Phi) is 10.4. The quantitative estimate of drug-likeness (QED) is 0.144. The molecular weight excluding hydrogens is 492 g/mol. The molecule has 0 atom stereocenters. The summed E-state index contributed by atoms with van der Waals surface area (Å²) in [5.74, 6) is 1.33. The maximum atomic E-state index is 5.10. The minimum atomic E-state index is 0.432. The van der Waals surface area contributed by atoms with Gasteiger partial charge >= 0.3 is 0 Å². The molecule has 0 amide bonds. The number of nitrogens with one attached hydrogen (secondary N) is 4. The molecule has 2 aromatic heterocycles. The number of thiocarbonyl (C=S) groups is 2. The number of aryl methyl sites for hydroxylation is 2. The minimum absolute atomic E-state index is 0.432. The first-order chi connectivity index (χ1) is 17.5.